The van der Waals surface area contributed by atoms with Crippen LogP contribution in [0.4, 0.5) is 0 Å². The summed E-state index contributed by atoms with van der Waals surface area (Å²) in [6.07, 6.45) is 12.8. The molecule has 16 heteroatoms. The summed E-state index contributed by atoms with van der Waals surface area (Å²) in [6, 6.07) is -4.26. The van der Waals surface area contributed by atoms with Crippen molar-refractivity contribution in [3.05, 3.63) is 0 Å². The van der Waals surface area contributed by atoms with Crippen LogP contribution in [0.2, 0.25) is 0 Å². The zero-order valence-corrected chi connectivity index (χ0v) is 28.4. The van der Waals surface area contributed by atoms with E-state index in [0.29, 0.717) is 6.42 Å². The Morgan fingerprint density at radius 2 is 0.653 bits per heavy atom. The second kappa shape index (κ2) is 27.7. The molecule has 0 aromatic rings. The van der Waals surface area contributed by atoms with Gasteiger partial charge in [-0.3, -0.25) is 24.0 Å². The number of unbranched alkanes of at least 4 members (excludes halogenated alkanes) is 13. The van der Waals surface area contributed by atoms with Crippen LogP contribution in [0, 0.1) is 0 Å². The highest BCUT2D eigenvalue weighted by Gasteiger charge is 2.26. The van der Waals surface area contributed by atoms with Gasteiger partial charge in [0, 0.05) is 32.1 Å². The van der Waals surface area contributed by atoms with Crippen molar-refractivity contribution in [3.63, 3.8) is 0 Å². The van der Waals surface area contributed by atoms with E-state index in [1.807, 2.05) is 0 Å². The van der Waals surface area contributed by atoms with Crippen molar-refractivity contribution >= 4 is 47.5 Å². The molecule has 0 aromatic carbocycles. The van der Waals surface area contributed by atoms with Crippen molar-refractivity contribution in [2.24, 2.45) is 5.73 Å². The normalized spacial score (nSPS) is 12.7. The van der Waals surface area contributed by atoms with Crippen LogP contribution < -0.4 is 21.7 Å². The summed E-state index contributed by atoms with van der Waals surface area (Å²) in [5, 5.41) is 43.5. The lowest BCUT2D eigenvalue weighted by molar-refractivity contribution is -0.144. The molecule has 0 aliphatic rings. The smallest absolute Gasteiger partial charge is 0.326 e. The topological polar surface area (TPSA) is 280 Å². The van der Waals surface area contributed by atoms with Crippen LogP contribution in [0.5, 0.6) is 0 Å². The predicted molar refractivity (Wildman–Crippen MR) is 177 cm³/mol. The molecule has 0 spiro atoms. The Bertz CT molecular complexity index is 1070. The van der Waals surface area contributed by atoms with Crippen molar-refractivity contribution in [2.45, 2.75) is 159 Å². The number of carbonyl (C=O) groups excluding carboxylic acids is 4. The van der Waals surface area contributed by atoms with Gasteiger partial charge in [-0.2, -0.15) is 0 Å². The van der Waals surface area contributed by atoms with Gasteiger partial charge in [-0.25, -0.2) is 14.4 Å². The lowest BCUT2D eigenvalue weighted by Gasteiger charge is -2.18. The van der Waals surface area contributed by atoms with Crippen molar-refractivity contribution in [1.82, 2.24) is 16.0 Å². The summed E-state index contributed by atoms with van der Waals surface area (Å²) in [5.41, 5.74) is 4.99. The van der Waals surface area contributed by atoms with Crippen molar-refractivity contribution in [2.75, 3.05) is 0 Å². The van der Waals surface area contributed by atoms with E-state index < -0.39 is 78.5 Å². The number of primary amides is 1. The molecule has 0 saturated carbocycles. The molecule has 3 unspecified atom stereocenters. The first-order valence-electron chi connectivity index (χ1n) is 17.3. The molecule has 280 valence electrons. The zero-order valence-electron chi connectivity index (χ0n) is 28.4. The first kappa shape index (κ1) is 44.8. The first-order valence-corrected chi connectivity index (χ1v) is 17.3. The van der Waals surface area contributed by atoms with E-state index in [9.17, 15) is 48.6 Å². The first-order chi connectivity index (χ1) is 23.2. The maximum atomic E-state index is 12.4. The molecular formula is C33H56N4O12. The van der Waals surface area contributed by atoms with Gasteiger partial charge in [0.2, 0.25) is 23.6 Å². The minimum Gasteiger partial charge on any atom is -0.481 e. The highest BCUT2D eigenvalue weighted by atomic mass is 16.4. The average molecular weight is 701 g/mol. The largest absolute Gasteiger partial charge is 0.481 e. The Balaban J connectivity index is 4.21. The third-order valence-corrected chi connectivity index (χ3v) is 7.94. The third kappa shape index (κ3) is 26.4. The van der Waals surface area contributed by atoms with E-state index >= 15 is 0 Å². The molecular weight excluding hydrogens is 644 g/mol. The van der Waals surface area contributed by atoms with Gasteiger partial charge >= 0.3 is 23.9 Å². The van der Waals surface area contributed by atoms with Gasteiger partial charge in [0.1, 0.15) is 18.1 Å². The van der Waals surface area contributed by atoms with Crippen molar-refractivity contribution in [3.8, 4) is 0 Å². The number of carboxylic acid groups (broad SMARTS) is 4. The van der Waals surface area contributed by atoms with E-state index in [1.54, 1.807) is 0 Å². The minimum absolute atomic E-state index is 0.140. The van der Waals surface area contributed by atoms with Crippen LogP contribution in [-0.4, -0.2) is 86.1 Å². The number of carboxylic acids is 4. The number of hydrogen-bond donors (Lipinski definition) is 8. The summed E-state index contributed by atoms with van der Waals surface area (Å²) in [7, 11) is 0. The molecule has 4 amide bonds. The van der Waals surface area contributed by atoms with E-state index in [2.05, 4.69) is 16.0 Å². The number of rotatable bonds is 32. The molecule has 0 heterocycles. The number of amides is 4. The van der Waals surface area contributed by atoms with Crippen LogP contribution >= 0.6 is 0 Å². The quantitative estimate of drug-likeness (QED) is 0.0470. The van der Waals surface area contributed by atoms with E-state index in [0.717, 1.165) is 57.8 Å². The molecule has 0 radical (unpaired) electrons. The lowest BCUT2D eigenvalue weighted by Crippen LogP contribution is -2.45. The summed E-state index contributed by atoms with van der Waals surface area (Å²) >= 11 is 0. The fourth-order valence-electron chi connectivity index (χ4n) is 5.09. The number of hydrogen-bond acceptors (Lipinski definition) is 8. The highest BCUT2D eigenvalue weighted by Crippen LogP contribution is 2.14. The Hall–Kier alpha value is -4.24. The molecule has 16 nitrogen and oxygen atoms in total. The standard InChI is InChI=1S/C33H56N4O12/c34-26(38)20-17-23(31(44)45)36-28(40)22-19-25(33(48)49)37-29(41)21-18-24(32(46)47)35-27(39)15-13-11-9-7-5-3-1-2-4-6-8-10-12-14-16-30(42)43/h23-25H,1-22H2,(H2,34,38)(H,35,39)(H,36,40)(H,37,41)(H,42,43)(H,44,45)(H,46,47)(H,48,49). The average Bonchev–Trinajstić information content (AvgIpc) is 3.02. The van der Waals surface area contributed by atoms with Crippen molar-refractivity contribution < 1.29 is 58.8 Å². The molecule has 0 aliphatic carbocycles. The van der Waals surface area contributed by atoms with E-state index in [4.69, 9.17) is 15.9 Å². The molecule has 3 atom stereocenters. The Morgan fingerprint density at radius 3 is 0.939 bits per heavy atom. The number of nitrogens with two attached hydrogens (primary N) is 1. The fourth-order valence-corrected chi connectivity index (χ4v) is 5.09. The SMILES string of the molecule is NC(=O)CCC(NC(=O)CCC(NC(=O)CCC(NC(=O)CCCCCCCCCCCCCCCCC(=O)O)C(=O)O)C(=O)O)C(=O)O. The van der Waals surface area contributed by atoms with Gasteiger partial charge in [-0.05, 0) is 32.1 Å². The molecule has 0 bridgehead atoms. The van der Waals surface area contributed by atoms with Crippen LogP contribution in [0.1, 0.15) is 141 Å². The summed E-state index contributed by atoms with van der Waals surface area (Å²) in [4.78, 5) is 92.6. The van der Waals surface area contributed by atoms with Crippen LogP contribution in [0.15, 0.2) is 0 Å². The van der Waals surface area contributed by atoms with E-state index in [-0.39, 0.29) is 38.5 Å². The van der Waals surface area contributed by atoms with Gasteiger partial charge in [-0.1, -0.05) is 77.0 Å². The number of aliphatic carboxylic acids is 4. The van der Waals surface area contributed by atoms with Crippen LogP contribution in [-0.2, 0) is 38.4 Å². The van der Waals surface area contributed by atoms with Gasteiger partial charge in [0.15, 0.2) is 0 Å². The molecule has 0 saturated heterocycles. The summed E-state index contributed by atoms with van der Waals surface area (Å²) in [5.74, 6) is -7.76. The molecule has 9 N–H and O–H groups in total. The Kier molecular flexibility index (Phi) is 25.3. The second-order valence-electron chi connectivity index (χ2n) is 12.3. The Morgan fingerprint density at radius 1 is 0.388 bits per heavy atom. The summed E-state index contributed by atoms with van der Waals surface area (Å²) < 4.78 is 0. The van der Waals surface area contributed by atoms with Crippen LogP contribution in [0.25, 0.3) is 0 Å². The van der Waals surface area contributed by atoms with Gasteiger partial charge < -0.3 is 42.1 Å². The number of nitrogens with one attached hydrogen (secondary N) is 3. The third-order valence-electron chi connectivity index (χ3n) is 7.94. The summed E-state index contributed by atoms with van der Waals surface area (Å²) in [6.45, 7) is 0. The molecule has 49 heavy (non-hydrogen) atoms. The second-order valence-corrected chi connectivity index (χ2v) is 12.3. The van der Waals surface area contributed by atoms with Gasteiger partial charge in [-0.15, -0.1) is 0 Å². The molecule has 0 fully saturated rings. The Labute approximate surface area is 287 Å². The minimum atomic E-state index is -1.51. The highest BCUT2D eigenvalue weighted by molar-refractivity contribution is 5.87. The molecule has 0 aromatic heterocycles. The van der Waals surface area contributed by atoms with Crippen molar-refractivity contribution in [1.29, 1.82) is 0 Å². The molecule has 0 aliphatic heterocycles. The lowest BCUT2D eigenvalue weighted by atomic mass is 10.0. The number of carbonyl (C=O) groups is 8. The maximum Gasteiger partial charge on any atom is 0.326 e. The van der Waals surface area contributed by atoms with E-state index in [1.165, 1.54) is 25.7 Å². The van der Waals surface area contributed by atoms with Crippen LogP contribution in [0.3, 0.4) is 0 Å². The zero-order chi connectivity index (χ0) is 37.0. The maximum absolute atomic E-state index is 12.4. The molecule has 0 rings (SSSR count). The van der Waals surface area contributed by atoms with Gasteiger partial charge in [0.25, 0.3) is 0 Å². The monoisotopic (exact) mass is 700 g/mol. The predicted octanol–water partition coefficient (Wildman–Crippen LogP) is 2.85. The van der Waals surface area contributed by atoms with Gasteiger partial charge in [0.05, 0.1) is 0 Å². The fraction of sp³-hybridized carbons (Fsp3) is 0.758.